The zero-order chi connectivity index (χ0) is 30.0. The predicted octanol–water partition coefficient (Wildman–Crippen LogP) is 4.55. The summed E-state index contributed by atoms with van der Waals surface area (Å²) in [5.74, 6) is -1.05. The molecule has 3 aromatic carbocycles. The van der Waals surface area contributed by atoms with E-state index in [1.54, 1.807) is 51.1 Å². The molecule has 0 aliphatic heterocycles. The largest absolute Gasteiger partial charge is 0.508 e. The van der Waals surface area contributed by atoms with Gasteiger partial charge in [-0.15, -0.1) is 0 Å². The van der Waals surface area contributed by atoms with Gasteiger partial charge in [-0.05, 0) is 56.5 Å². The highest BCUT2D eigenvalue weighted by Gasteiger charge is 2.36. The molecule has 0 radical (unpaired) electrons. The van der Waals surface area contributed by atoms with E-state index in [1.807, 2.05) is 49.4 Å². The van der Waals surface area contributed by atoms with Crippen molar-refractivity contribution in [1.82, 2.24) is 15.5 Å². The maximum absolute atomic E-state index is 14.2. The molecule has 0 aliphatic rings. The van der Waals surface area contributed by atoms with E-state index in [1.165, 1.54) is 17.0 Å². The van der Waals surface area contributed by atoms with Crippen molar-refractivity contribution in [3.8, 4) is 11.8 Å². The third-order valence-corrected chi connectivity index (χ3v) is 6.12. The SMILES string of the molecule is Cc1cccc(C(C(=O)NCc2ccccc2)N(CC#N)C(=O)C(Cc2ccc(O)cc2)NC(=O)OC(C)(C)C)c1. The van der Waals surface area contributed by atoms with Crippen LogP contribution in [0.4, 0.5) is 4.79 Å². The fourth-order valence-corrected chi connectivity index (χ4v) is 4.29. The van der Waals surface area contributed by atoms with Gasteiger partial charge in [-0.3, -0.25) is 9.59 Å². The van der Waals surface area contributed by atoms with E-state index in [2.05, 4.69) is 10.6 Å². The Hall–Kier alpha value is -4.84. The molecule has 214 valence electrons. The van der Waals surface area contributed by atoms with Crippen molar-refractivity contribution >= 4 is 17.9 Å². The van der Waals surface area contributed by atoms with E-state index in [9.17, 15) is 24.8 Å². The average molecular weight is 557 g/mol. The van der Waals surface area contributed by atoms with Crippen LogP contribution < -0.4 is 10.6 Å². The molecule has 0 saturated carbocycles. The van der Waals surface area contributed by atoms with Gasteiger partial charge < -0.3 is 25.4 Å². The lowest BCUT2D eigenvalue weighted by Gasteiger charge is -2.33. The lowest BCUT2D eigenvalue weighted by atomic mass is 9.99. The van der Waals surface area contributed by atoms with Gasteiger partial charge in [-0.1, -0.05) is 72.3 Å². The quantitative estimate of drug-likeness (QED) is 0.314. The van der Waals surface area contributed by atoms with Crippen LogP contribution in [0.15, 0.2) is 78.9 Å². The molecule has 9 heteroatoms. The van der Waals surface area contributed by atoms with Gasteiger partial charge in [0.15, 0.2) is 0 Å². The van der Waals surface area contributed by atoms with Crippen molar-refractivity contribution in [2.24, 2.45) is 0 Å². The van der Waals surface area contributed by atoms with Crippen molar-refractivity contribution in [2.75, 3.05) is 6.54 Å². The number of nitrogens with one attached hydrogen (secondary N) is 2. The lowest BCUT2D eigenvalue weighted by molar-refractivity contribution is -0.141. The second-order valence-corrected chi connectivity index (χ2v) is 10.7. The standard InChI is InChI=1S/C32H36N4O5/c1-22-9-8-12-25(19-22)28(29(38)34-21-24-10-6-5-7-11-24)36(18-17-33)30(39)27(35-31(40)41-32(2,3)4)20-23-13-15-26(37)16-14-23/h5-16,19,27-28,37H,18,20-21H2,1-4H3,(H,34,38)(H,35,40). The highest BCUT2D eigenvalue weighted by atomic mass is 16.6. The molecule has 2 unspecified atom stereocenters. The van der Waals surface area contributed by atoms with Gasteiger partial charge in [0, 0.05) is 13.0 Å². The molecule has 3 aromatic rings. The first-order valence-electron chi connectivity index (χ1n) is 13.3. The number of ether oxygens (including phenoxy) is 1. The minimum atomic E-state index is -1.17. The minimum Gasteiger partial charge on any atom is -0.508 e. The van der Waals surface area contributed by atoms with Gasteiger partial charge in [-0.2, -0.15) is 5.26 Å². The summed E-state index contributed by atoms with van der Waals surface area (Å²) in [4.78, 5) is 41.8. The smallest absolute Gasteiger partial charge is 0.408 e. The van der Waals surface area contributed by atoms with Crippen LogP contribution in [0, 0.1) is 18.3 Å². The summed E-state index contributed by atoms with van der Waals surface area (Å²) < 4.78 is 5.41. The Morgan fingerprint density at radius 1 is 0.976 bits per heavy atom. The van der Waals surface area contributed by atoms with Crippen molar-refractivity contribution in [3.63, 3.8) is 0 Å². The second kappa shape index (κ2) is 14.0. The number of aromatic hydroxyl groups is 1. The van der Waals surface area contributed by atoms with E-state index < -0.39 is 42.1 Å². The minimum absolute atomic E-state index is 0.0342. The number of carbonyl (C=O) groups is 3. The summed E-state index contributed by atoms with van der Waals surface area (Å²) in [6.07, 6.45) is -0.779. The Bertz CT molecular complexity index is 1380. The Labute approximate surface area is 240 Å². The van der Waals surface area contributed by atoms with Crippen LogP contribution >= 0.6 is 0 Å². The molecule has 3 N–H and O–H groups in total. The molecule has 0 heterocycles. The van der Waals surface area contributed by atoms with Crippen LogP contribution in [0.2, 0.25) is 0 Å². The van der Waals surface area contributed by atoms with Crippen LogP contribution in [0.5, 0.6) is 5.75 Å². The highest BCUT2D eigenvalue weighted by molar-refractivity contribution is 5.92. The Morgan fingerprint density at radius 3 is 2.27 bits per heavy atom. The van der Waals surface area contributed by atoms with Crippen molar-refractivity contribution in [2.45, 2.75) is 58.3 Å². The molecule has 0 saturated heterocycles. The molecule has 0 bridgehead atoms. The zero-order valence-electron chi connectivity index (χ0n) is 23.8. The Morgan fingerprint density at radius 2 is 1.66 bits per heavy atom. The maximum atomic E-state index is 14.2. The number of nitrogens with zero attached hydrogens (tertiary/aromatic N) is 2. The number of phenols is 1. The zero-order valence-corrected chi connectivity index (χ0v) is 23.8. The third-order valence-electron chi connectivity index (χ3n) is 6.12. The van der Waals surface area contributed by atoms with Crippen LogP contribution in [0.25, 0.3) is 0 Å². The number of benzene rings is 3. The summed E-state index contributed by atoms with van der Waals surface area (Å²) in [6, 6.07) is 22.4. The van der Waals surface area contributed by atoms with Gasteiger partial charge in [0.1, 0.15) is 30.0 Å². The number of amides is 3. The molecule has 2 atom stereocenters. The number of rotatable bonds is 10. The number of nitriles is 1. The summed E-state index contributed by atoms with van der Waals surface area (Å²) >= 11 is 0. The lowest BCUT2D eigenvalue weighted by Crippen LogP contribution is -2.53. The normalized spacial score (nSPS) is 12.4. The van der Waals surface area contributed by atoms with E-state index in [0.29, 0.717) is 11.1 Å². The van der Waals surface area contributed by atoms with Crippen LogP contribution in [-0.4, -0.2) is 46.1 Å². The van der Waals surface area contributed by atoms with Crippen LogP contribution in [0.1, 0.15) is 49.1 Å². The first kappa shape index (κ1) is 30.7. The van der Waals surface area contributed by atoms with Gasteiger partial charge >= 0.3 is 6.09 Å². The molecule has 9 nitrogen and oxygen atoms in total. The number of phenolic OH excluding ortho intramolecular Hbond substituents is 1. The number of carbonyl (C=O) groups excluding carboxylic acids is 3. The number of hydrogen-bond donors (Lipinski definition) is 3. The first-order valence-corrected chi connectivity index (χ1v) is 13.3. The molecule has 0 spiro atoms. The monoisotopic (exact) mass is 556 g/mol. The van der Waals surface area contributed by atoms with E-state index in [4.69, 9.17) is 4.74 Å². The average Bonchev–Trinajstić information content (AvgIpc) is 2.91. The van der Waals surface area contributed by atoms with Gasteiger partial charge in [0.05, 0.1) is 6.07 Å². The van der Waals surface area contributed by atoms with Crippen molar-refractivity contribution < 1.29 is 24.2 Å². The van der Waals surface area contributed by atoms with Crippen molar-refractivity contribution in [3.05, 3.63) is 101 Å². The third kappa shape index (κ3) is 9.39. The topological polar surface area (TPSA) is 132 Å². The van der Waals surface area contributed by atoms with E-state index >= 15 is 0 Å². The number of aryl methyl sites for hydroxylation is 1. The highest BCUT2D eigenvalue weighted by Crippen LogP contribution is 2.24. The van der Waals surface area contributed by atoms with Gasteiger partial charge in [0.25, 0.3) is 0 Å². The second-order valence-electron chi connectivity index (χ2n) is 10.7. The molecule has 0 aromatic heterocycles. The van der Waals surface area contributed by atoms with Crippen LogP contribution in [-0.2, 0) is 27.3 Å². The summed E-state index contributed by atoms with van der Waals surface area (Å²) in [6.45, 7) is 6.81. The molecular weight excluding hydrogens is 520 g/mol. The number of alkyl carbamates (subject to hydrolysis) is 1. The fourth-order valence-electron chi connectivity index (χ4n) is 4.29. The molecule has 3 amide bonds. The van der Waals surface area contributed by atoms with E-state index in [-0.39, 0.29) is 18.7 Å². The van der Waals surface area contributed by atoms with E-state index in [0.717, 1.165) is 11.1 Å². The summed E-state index contributed by atoms with van der Waals surface area (Å²) in [7, 11) is 0. The molecular formula is C32H36N4O5. The summed E-state index contributed by atoms with van der Waals surface area (Å²) in [5.41, 5.74) is 2.11. The Kier molecular flexibility index (Phi) is 10.5. The predicted molar refractivity (Wildman–Crippen MR) is 155 cm³/mol. The van der Waals surface area contributed by atoms with Crippen molar-refractivity contribution in [1.29, 1.82) is 5.26 Å². The molecule has 0 fully saturated rings. The van der Waals surface area contributed by atoms with Gasteiger partial charge in [0.2, 0.25) is 11.8 Å². The maximum Gasteiger partial charge on any atom is 0.408 e. The molecule has 41 heavy (non-hydrogen) atoms. The molecule has 3 rings (SSSR count). The number of hydrogen-bond acceptors (Lipinski definition) is 6. The van der Waals surface area contributed by atoms with Gasteiger partial charge in [-0.25, -0.2) is 4.79 Å². The molecule has 0 aliphatic carbocycles. The fraction of sp³-hybridized carbons (Fsp3) is 0.312. The summed E-state index contributed by atoms with van der Waals surface area (Å²) in [5, 5.41) is 25.0. The Balaban J connectivity index is 1.99. The van der Waals surface area contributed by atoms with Crippen LogP contribution in [0.3, 0.4) is 0 Å². The first-order chi connectivity index (χ1) is 19.5.